The average molecular weight is 247 g/mol. The summed E-state index contributed by atoms with van der Waals surface area (Å²) in [4.78, 5) is 13.7. The highest BCUT2D eigenvalue weighted by molar-refractivity contribution is 5.99. The largest absolute Gasteiger partial charge is 0.369 e. The number of rotatable bonds is 2. The molecule has 1 heterocycles. The van der Waals surface area contributed by atoms with Gasteiger partial charge in [-0.1, -0.05) is 33.8 Å². The van der Waals surface area contributed by atoms with Gasteiger partial charge >= 0.3 is 0 Å². The molecule has 18 heavy (non-hydrogen) atoms. The Morgan fingerprint density at radius 1 is 1.33 bits per heavy atom. The third-order valence-electron chi connectivity index (χ3n) is 3.45. The molecule has 0 fully saturated rings. The first-order valence-electron chi connectivity index (χ1n) is 6.49. The number of hydrogen-bond acceptors (Lipinski definition) is 2. The first kappa shape index (κ1) is 13.1. The van der Waals surface area contributed by atoms with Crippen LogP contribution in [-0.4, -0.2) is 22.5 Å². The molecule has 0 spiro atoms. The monoisotopic (exact) mass is 247 g/mol. The lowest BCUT2D eigenvalue weighted by molar-refractivity contribution is 0.0177. The van der Waals surface area contributed by atoms with E-state index in [4.69, 9.17) is 0 Å². The van der Waals surface area contributed by atoms with Crippen LogP contribution in [0.2, 0.25) is 0 Å². The summed E-state index contributed by atoms with van der Waals surface area (Å²) < 4.78 is 0. The van der Waals surface area contributed by atoms with Crippen LogP contribution in [0.15, 0.2) is 18.2 Å². The van der Waals surface area contributed by atoms with Crippen LogP contribution in [0.25, 0.3) is 0 Å². The fourth-order valence-corrected chi connectivity index (χ4v) is 2.34. The first-order valence-corrected chi connectivity index (χ1v) is 6.49. The number of benzene rings is 1. The molecule has 0 aromatic heterocycles. The zero-order valence-corrected chi connectivity index (χ0v) is 11.5. The van der Waals surface area contributed by atoms with Crippen LogP contribution in [0.3, 0.4) is 0 Å². The van der Waals surface area contributed by atoms with Crippen LogP contribution < -0.4 is 0 Å². The predicted molar refractivity (Wildman–Crippen MR) is 71.4 cm³/mol. The highest BCUT2D eigenvalue weighted by Gasteiger charge is 2.35. The Labute approximate surface area is 108 Å². The highest BCUT2D eigenvalue weighted by Crippen LogP contribution is 2.35. The molecular formula is C15H21NO2. The minimum atomic E-state index is -0.783. The Morgan fingerprint density at radius 2 is 2.00 bits per heavy atom. The summed E-state index contributed by atoms with van der Waals surface area (Å²) in [6, 6.07) is 5.80. The van der Waals surface area contributed by atoms with Crippen LogP contribution in [0, 0.1) is 0 Å². The van der Waals surface area contributed by atoms with E-state index in [0.717, 1.165) is 17.5 Å². The average Bonchev–Trinajstić information content (AvgIpc) is 2.53. The summed E-state index contributed by atoms with van der Waals surface area (Å²) in [5, 5.41) is 10.2. The minimum Gasteiger partial charge on any atom is -0.369 e. The molecule has 0 saturated heterocycles. The Kier molecular flexibility index (Phi) is 3.20. The molecule has 1 atom stereocenters. The van der Waals surface area contributed by atoms with Crippen LogP contribution in [0.1, 0.15) is 61.8 Å². The number of fused-ring (bicyclic) bond motifs is 1. The Hall–Kier alpha value is -1.35. The molecule has 98 valence electrons. The zero-order chi connectivity index (χ0) is 13.5. The second-order valence-electron chi connectivity index (χ2n) is 5.92. The smallest absolute Gasteiger partial charge is 0.256 e. The van der Waals surface area contributed by atoms with Crippen LogP contribution in [-0.2, 0) is 5.41 Å². The van der Waals surface area contributed by atoms with Crippen molar-refractivity contribution in [3.8, 4) is 0 Å². The number of carbonyl (C=O) groups excluding carboxylic acids is 1. The number of nitrogens with zero attached hydrogens (tertiary/aromatic N) is 1. The Morgan fingerprint density at radius 3 is 2.56 bits per heavy atom. The second kappa shape index (κ2) is 4.39. The summed E-state index contributed by atoms with van der Waals surface area (Å²) in [5.74, 6) is -0.0557. The van der Waals surface area contributed by atoms with Crippen molar-refractivity contribution in [3.63, 3.8) is 0 Å². The van der Waals surface area contributed by atoms with Gasteiger partial charge in [-0.25, -0.2) is 0 Å². The normalized spacial score (nSPS) is 19.3. The molecule has 1 N–H and O–H groups in total. The summed E-state index contributed by atoms with van der Waals surface area (Å²) in [7, 11) is 0. The predicted octanol–water partition coefficient (Wildman–Crippen LogP) is 2.84. The van der Waals surface area contributed by atoms with E-state index in [1.54, 1.807) is 0 Å². The number of hydrogen-bond donors (Lipinski definition) is 1. The SMILES string of the molecule is CCCN1C(=O)c2ccc(C(C)(C)C)cc2C1O. The highest BCUT2D eigenvalue weighted by atomic mass is 16.3. The Bertz CT molecular complexity index is 474. The second-order valence-corrected chi connectivity index (χ2v) is 5.92. The molecule has 1 amide bonds. The standard InChI is InChI=1S/C15H21NO2/c1-5-8-16-13(17)11-7-6-10(15(2,3)4)9-12(11)14(16)18/h6-7,9,14,18H,5,8H2,1-4H3. The minimum absolute atomic E-state index is 0.0238. The quantitative estimate of drug-likeness (QED) is 0.873. The molecular weight excluding hydrogens is 226 g/mol. The maximum absolute atomic E-state index is 12.1. The number of amides is 1. The van der Waals surface area contributed by atoms with E-state index < -0.39 is 6.23 Å². The first-order chi connectivity index (χ1) is 8.36. The molecule has 1 aliphatic heterocycles. The van der Waals surface area contributed by atoms with Gasteiger partial charge in [-0.2, -0.15) is 0 Å². The maximum atomic E-state index is 12.1. The van der Waals surface area contributed by atoms with Crippen molar-refractivity contribution in [2.45, 2.75) is 45.8 Å². The lowest BCUT2D eigenvalue weighted by Crippen LogP contribution is -2.28. The molecule has 1 aromatic rings. The molecule has 3 nitrogen and oxygen atoms in total. The number of carbonyl (C=O) groups is 1. The topological polar surface area (TPSA) is 40.5 Å². The number of aliphatic hydroxyl groups is 1. The van der Waals surface area contributed by atoms with Crippen molar-refractivity contribution in [2.75, 3.05) is 6.54 Å². The summed E-state index contributed by atoms with van der Waals surface area (Å²) in [6.07, 6.45) is 0.0675. The van der Waals surface area contributed by atoms with Crippen molar-refractivity contribution >= 4 is 5.91 Å². The lowest BCUT2D eigenvalue weighted by atomic mass is 9.85. The van der Waals surface area contributed by atoms with E-state index in [0.29, 0.717) is 12.1 Å². The van der Waals surface area contributed by atoms with Gasteiger partial charge in [0.25, 0.3) is 5.91 Å². The van der Waals surface area contributed by atoms with E-state index in [9.17, 15) is 9.90 Å². The van der Waals surface area contributed by atoms with Gasteiger partial charge in [0.05, 0.1) is 0 Å². The molecule has 2 rings (SSSR count). The summed E-state index contributed by atoms with van der Waals surface area (Å²) >= 11 is 0. The van der Waals surface area contributed by atoms with Crippen LogP contribution in [0.5, 0.6) is 0 Å². The van der Waals surface area contributed by atoms with E-state index in [1.807, 2.05) is 25.1 Å². The summed E-state index contributed by atoms with van der Waals surface area (Å²) in [5.41, 5.74) is 2.56. The molecule has 1 aliphatic rings. The molecule has 1 unspecified atom stereocenters. The molecule has 0 bridgehead atoms. The van der Waals surface area contributed by atoms with Crippen LogP contribution in [0.4, 0.5) is 0 Å². The van der Waals surface area contributed by atoms with Gasteiger partial charge in [-0.3, -0.25) is 4.79 Å². The third kappa shape index (κ3) is 2.03. The van der Waals surface area contributed by atoms with Gasteiger partial charge in [0, 0.05) is 17.7 Å². The van der Waals surface area contributed by atoms with Gasteiger partial charge in [0.1, 0.15) is 0 Å². The third-order valence-corrected chi connectivity index (χ3v) is 3.45. The van der Waals surface area contributed by atoms with E-state index in [2.05, 4.69) is 20.8 Å². The Balaban J connectivity index is 2.43. The van der Waals surface area contributed by atoms with Gasteiger partial charge in [-0.05, 0) is 29.5 Å². The van der Waals surface area contributed by atoms with Gasteiger partial charge in [0.15, 0.2) is 6.23 Å². The fourth-order valence-electron chi connectivity index (χ4n) is 2.34. The van der Waals surface area contributed by atoms with E-state index in [1.165, 1.54) is 4.90 Å². The molecule has 3 heteroatoms. The molecule has 1 aromatic carbocycles. The van der Waals surface area contributed by atoms with Crippen molar-refractivity contribution < 1.29 is 9.90 Å². The van der Waals surface area contributed by atoms with E-state index >= 15 is 0 Å². The molecule has 0 aliphatic carbocycles. The van der Waals surface area contributed by atoms with Crippen molar-refractivity contribution in [3.05, 3.63) is 34.9 Å². The van der Waals surface area contributed by atoms with Crippen molar-refractivity contribution in [1.29, 1.82) is 0 Å². The maximum Gasteiger partial charge on any atom is 0.256 e. The summed E-state index contributed by atoms with van der Waals surface area (Å²) in [6.45, 7) is 8.98. The van der Waals surface area contributed by atoms with Crippen molar-refractivity contribution in [2.24, 2.45) is 0 Å². The van der Waals surface area contributed by atoms with Gasteiger partial charge < -0.3 is 10.0 Å². The van der Waals surface area contributed by atoms with Gasteiger partial charge in [-0.15, -0.1) is 0 Å². The van der Waals surface area contributed by atoms with E-state index in [-0.39, 0.29) is 11.3 Å². The zero-order valence-electron chi connectivity index (χ0n) is 11.5. The fraction of sp³-hybridized carbons (Fsp3) is 0.533. The molecule has 0 radical (unpaired) electrons. The van der Waals surface area contributed by atoms with Crippen molar-refractivity contribution in [1.82, 2.24) is 4.90 Å². The molecule has 0 saturated carbocycles. The van der Waals surface area contributed by atoms with Gasteiger partial charge in [0.2, 0.25) is 0 Å². The van der Waals surface area contributed by atoms with Crippen LogP contribution >= 0.6 is 0 Å². The number of aliphatic hydroxyl groups excluding tert-OH is 1. The lowest BCUT2D eigenvalue weighted by Gasteiger charge is -2.21.